The van der Waals surface area contributed by atoms with Crippen LogP contribution in [0.3, 0.4) is 0 Å². The maximum atomic E-state index is 9.31. The Morgan fingerprint density at radius 2 is 1.84 bits per heavy atom. The molecule has 2 atom stereocenters. The lowest BCUT2D eigenvalue weighted by Gasteiger charge is -2.44. The second kappa shape index (κ2) is 5.75. The van der Waals surface area contributed by atoms with E-state index in [1.807, 2.05) is 12.4 Å². The standard InChI is InChI=1S/C14H20BrN3O/c15-12-7-16-14(17-8-12)18-5-3-10(4-6-18)13-2-1-11(13)9-19/h7-8,10-11,13,19H,1-6,9H2. The van der Waals surface area contributed by atoms with Crippen LogP contribution in [0.15, 0.2) is 16.9 Å². The molecule has 0 bridgehead atoms. The number of piperidine rings is 1. The molecule has 1 saturated heterocycles. The molecule has 1 aromatic rings. The van der Waals surface area contributed by atoms with Gasteiger partial charge < -0.3 is 10.0 Å². The minimum atomic E-state index is 0.376. The molecule has 1 aliphatic heterocycles. The van der Waals surface area contributed by atoms with Gasteiger partial charge in [-0.3, -0.25) is 0 Å². The van der Waals surface area contributed by atoms with Crippen molar-refractivity contribution < 1.29 is 5.11 Å². The number of aromatic nitrogens is 2. The van der Waals surface area contributed by atoms with E-state index in [4.69, 9.17) is 0 Å². The van der Waals surface area contributed by atoms with Crippen LogP contribution in [0, 0.1) is 17.8 Å². The van der Waals surface area contributed by atoms with Gasteiger partial charge in [-0.1, -0.05) is 0 Å². The van der Waals surface area contributed by atoms with Gasteiger partial charge in [0.1, 0.15) is 0 Å². The fourth-order valence-electron chi connectivity index (χ4n) is 3.44. The number of hydrogen-bond acceptors (Lipinski definition) is 4. The van der Waals surface area contributed by atoms with Crippen LogP contribution < -0.4 is 4.90 Å². The number of nitrogens with zero attached hydrogens (tertiary/aromatic N) is 3. The summed E-state index contributed by atoms with van der Waals surface area (Å²) in [6.07, 6.45) is 8.56. The monoisotopic (exact) mass is 325 g/mol. The van der Waals surface area contributed by atoms with Crippen LogP contribution in [0.25, 0.3) is 0 Å². The zero-order valence-corrected chi connectivity index (χ0v) is 12.6. The van der Waals surface area contributed by atoms with E-state index in [-0.39, 0.29) is 0 Å². The molecule has 1 aromatic heterocycles. The zero-order valence-electron chi connectivity index (χ0n) is 11.0. The lowest BCUT2D eigenvalue weighted by atomic mass is 9.65. The van der Waals surface area contributed by atoms with Crippen molar-refractivity contribution in [2.24, 2.45) is 17.8 Å². The summed E-state index contributed by atoms with van der Waals surface area (Å²) in [6.45, 7) is 2.46. The smallest absolute Gasteiger partial charge is 0.225 e. The highest BCUT2D eigenvalue weighted by Crippen LogP contribution is 2.43. The molecule has 1 saturated carbocycles. The lowest BCUT2D eigenvalue weighted by Crippen LogP contribution is -2.42. The van der Waals surface area contributed by atoms with Crippen LogP contribution in [0.4, 0.5) is 5.95 Å². The predicted octanol–water partition coefficient (Wildman–Crippen LogP) is 2.47. The SMILES string of the molecule is OCC1CCC1C1CCN(c2ncc(Br)cn2)CC1. The van der Waals surface area contributed by atoms with Crippen molar-refractivity contribution in [2.75, 3.05) is 24.6 Å². The summed E-state index contributed by atoms with van der Waals surface area (Å²) in [6, 6.07) is 0. The van der Waals surface area contributed by atoms with Crippen LogP contribution in [-0.2, 0) is 0 Å². The van der Waals surface area contributed by atoms with E-state index in [0.717, 1.165) is 35.3 Å². The Morgan fingerprint density at radius 3 is 2.37 bits per heavy atom. The van der Waals surface area contributed by atoms with Gasteiger partial charge in [0.25, 0.3) is 0 Å². The summed E-state index contributed by atoms with van der Waals surface area (Å²) in [5, 5.41) is 9.31. The van der Waals surface area contributed by atoms with E-state index in [1.165, 1.54) is 25.7 Å². The van der Waals surface area contributed by atoms with Gasteiger partial charge in [-0.25, -0.2) is 9.97 Å². The normalized spacial score (nSPS) is 28.2. The first kappa shape index (κ1) is 13.3. The van der Waals surface area contributed by atoms with E-state index in [1.54, 1.807) is 0 Å². The molecule has 1 N–H and O–H groups in total. The van der Waals surface area contributed by atoms with Gasteiger partial charge in [-0.2, -0.15) is 0 Å². The number of halogens is 1. The first-order valence-corrected chi connectivity index (χ1v) is 7.90. The molecule has 2 fully saturated rings. The molecule has 2 aliphatic rings. The molecule has 0 radical (unpaired) electrons. The van der Waals surface area contributed by atoms with E-state index in [0.29, 0.717) is 12.5 Å². The second-order valence-corrected chi connectivity index (χ2v) is 6.63. The number of anilines is 1. The first-order valence-electron chi connectivity index (χ1n) is 7.11. The van der Waals surface area contributed by atoms with Crippen LogP contribution in [0.1, 0.15) is 25.7 Å². The summed E-state index contributed by atoms with van der Waals surface area (Å²) in [4.78, 5) is 11.0. The molecule has 5 heteroatoms. The number of aliphatic hydroxyl groups excluding tert-OH is 1. The molecule has 19 heavy (non-hydrogen) atoms. The first-order chi connectivity index (χ1) is 9.28. The molecule has 2 heterocycles. The molecule has 104 valence electrons. The Kier molecular flexibility index (Phi) is 4.03. The van der Waals surface area contributed by atoms with Crippen molar-refractivity contribution in [2.45, 2.75) is 25.7 Å². The van der Waals surface area contributed by atoms with Gasteiger partial charge in [-0.15, -0.1) is 0 Å². The molecule has 2 unspecified atom stereocenters. The molecule has 4 nitrogen and oxygen atoms in total. The molecular formula is C14H20BrN3O. The second-order valence-electron chi connectivity index (χ2n) is 5.71. The van der Waals surface area contributed by atoms with E-state index in [2.05, 4.69) is 30.8 Å². The third-order valence-corrected chi connectivity index (χ3v) is 5.15. The lowest BCUT2D eigenvalue weighted by molar-refractivity contribution is 0.0389. The summed E-state index contributed by atoms with van der Waals surface area (Å²) < 4.78 is 0.923. The topological polar surface area (TPSA) is 49.2 Å². The molecule has 3 rings (SSSR count). The number of rotatable bonds is 3. The number of hydrogen-bond donors (Lipinski definition) is 1. The van der Waals surface area contributed by atoms with Crippen molar-refractivity contribution in [1.82, 2.24) is 9.97 Å². The molecule has 0 aromatic carbocycles. The van der Waals surface area contributed by atoms with Gasteiger partial charge in [0.2, 0.25) is 5.95 Å². The summed E-state index contributed by atoms with van der Waals surface area (Å²) in [5.41, 5.74) is 0. The van der Waals surface area contributed by atoms with Crippen LogP contribution in [0.5, 0.6) is 0 Å². The molecule has 0 amide bonds. The maximum absolute atomic E-state index is 9.31. The summed E-state index contributed by atoms with van der Waals surface area (Å²) >= 11 is 3.36. The fraction of sp³-hybridized carbons (Fsp3) is 0.714. The van der Waals surface area contributed by atoms with Gasteiger partial charge in [-0.05, 0) is 59.4 Å². The Bertz CT molecular complexity index is 415. The molecule has 0 spiro atoms. The Hall–Kier alpha value is -0.680. The molecule has 1 aliphatic carbocycles. The average Bonchev–Trinajstić information content (AvgIpc) is 2.40. The van der Waals surface area contributed by atoms with Gasteiger partial charge in [0, 0.05) is 32.1 Å². The van der Waals surface area contributed by atoms with Crippen molar-refractivity contribution in [3.05, 3.63) is 16.9 Å². The third kappa shape index (κ3) is 2.77. The van der Waals surface area contributed by atoms with Gasteiger partial charge >= 0.3 is 0 Å². The highest BCUT2D eigenvalue weighted by molar-refractivity contribution is 9.10. The zero-order chi connectivity index (χ0) is 13.2. The Labute approximate surface area is 122 Å². The highest BCUT2D eigenvalue weighted by Gasteiger charge is 2.37. The van der Waals surface area contributed by atoms with Gasteiger partial charge in [0.15, 0.2) is 0 Å². The van der Waals surface area contributed by atoms with Crippen LogP contribution >= 0.6 is 15.9 Å². The quantitative estimate of drug-likeness (QED) is 0.927. The van der Waals surface area contributed by atoms with Crippen molar-refractivity contribution in [3.8, 4) is 0 Å². The van der Waals surface area contributed by atoms with Crippen molar-refractivity contribution in [1.29, 1.82) is 0 Å². The summed E-state index contributed by atoms with van der Waals surface area (Å²) in [7, 11) is 0. The van der Waals surface area contributed by atoms with Crippen LogP contribution in [-0.4, -0.2) is 34.8 Å². The van der Waals surface area contributed by atoms with Crippen molar-refractivity contribution >= 4 is 21.9 Å². The Balaban J connectivity index is 1.56. The van der Waals surface area contributed by atoms with Crippen molar-refractivity contribution in [3.63, 3.8) is 0 Å². The fourth-order valence-corrected chi connectivity index (χ4v) is 3.64. The third-order valence-electron chi connectivity index (χ3n) is 4.75. The van der Waals surface area contributed by atoms with Crippen LogP contribution in [0.2, 0.25) is 0 Å². The van der Waals surface area contributed by atoms with E-state index in [9.17, 15) is 5.11 Å². The predicted molar refractivity (Wildman–Crippen MR) is 78.0 cm³/mol. The van der Waals surface area contributed by atoms with E-state index >= 15 is 0 Å². The Morgan fingerprint density at radius 1 is 1.16 bits per heavy atom. The summed E-state index contributed by atoms with van der Waals surface area (Å²) in [5.74, 6) is 2.96. The number of aliphatic hydroxyl groups is 1. The highest BCUT2D eigenvalue weighted by atomic mass is 79.9. The van der Waals surface area contributed by atoms with E-state index < -0.39 is 0 Å². The minimum absolute atomic E-state index is 0.376. The van der Waals surface area contributed by atoms with Gasteiger partial charge in [0.05, 0.1) is 4.47 Å². The minimum Gasteiger partial charge on any atom is -0.396 e. The average molecular weight is 326 g/mol. The largest absolute Gasteiger partial charge is 0.396 e. The molecular weight excluding hydrogens is 306 g/mol. The maximum Gasteiger partial charge on any atom is 0.225 e.